The lowest BCUT2D eigenvalue weighted by Crippen LogP contribution is -2.04. The minimum absolute atomic E-state index is 0.306. The van der Waals surface area contributed by atoms with E-state index in [0.717, 1.165) is 34.3 Å². The summed E-state index contributed by atoms with van der Waals surface area (Å²) in [6, 6.07) is 5.95. The summed E-state index contributed by atoms with van der Waals surface area (Å²) >= 11 is 1.71. The molecule has 1 aliphatic rings. The lowest BCUT2D eigenvalue weighted by molar-refractivity contribution is 0.174. The molecule has 1 aliphatic heterocycles. The van der Waals surface area contributed by atoms with Gasteiger partial charge in [-0.1, -0.05) is 0 Å². The molecule has 0 spiro atoms. The summed E-state index contributed by atoms with van der Waals surface area (Å²) in [5.74, 6) is 1.61. The molecule has 0 saturated heterocycles. The number of hydrogen-bond acceptors (Lipinski definition) is 5. The van der Waals surface area contributed by atoms with Gasteiger partial charge in [-0.25, -0.2) is 4.98 Å². The molecule has 1 aromatic heterocycles. The third kappa shape index (κ3) is 1.95. The molecule has 0 bridgehead atoms. The zero-order valence-electron chi connectivity index (χ0n) is 10.3. The van der Waals surface area contributed by atoms with E-state index in [9.17, 15) is 0 Å². The Bertz CT molecular complexity index is 580. The summed E-state index contributed by atoms with van der Waals surface area (Å²) < 4.78 is 10.7. The summed E-state index contributed by atoms with van der Waals surface area (Å²) in [5.41, 5.74) is 2.16. The van der Waals surface area contributed by atoms with E-state index in [1.165, 1.54) is 4.88 Å². The van der Waals surface area contributed by atoms with Gasteiger partial charge in [-0.05, 0) is 32.2 Å². The Kier molecular flexibility index (Phi) is 2.93. The SMILES string of the molecule is CNCc1sc(-c2ccc3c(c2)OCO3)nc1C. The molecular weight excluding hydrogens is 248 g/mol. The predicted octanol–water partition coefficient (Wildman–Crippen LogP) is 2.57. The molecule has 0 aliphatic carbocycles. The normalized spacial score (nSPS) is 13.0. The van der Waals surface area contributed by atoms with Gasteiger partial charge >= 0.3 is 0 Å². The van der Waals surface area contributed by atoms with Crippen molar-refractivity contribution in [3.8, 4) is 22.1 Å². The Morgan fingerprint density at radius 1 is 1.33 bits per heavy atom. The van der Waals surface area contributed by atoms with Gasteiger partial charge in [0.15, 0.2) is 11.5 Å². The highest BCUT2D eigenvalue weighted by Crippen LogP contribution is 2.37. The summed E-state index contributed by atoms with van der Waals surface area (Å²) in [4.78, 5) is 5.88. The van der Waals surface area contributed by atoms with Crippen LogP contribution in [0.2, 0.25) is 0 Å². The first kappa shape index (κ1) is 11.5. The minimum Gasteiger partial charge on any atom is -0.454 e. The van der Waals surface area contributed by atoms with Crippen LogP contribution in [0, 0.1) is 6.92 Å². The number of ether oxygens (including phenoxy) is 2. The molecule has 0 unspecified atom stereocenters. The van der Waals surface area contributed by atoms with E-state index < -0.39 is 0 Å². The van der Waals surface area contributed by atoms with Crippen molar-refractivity contribution in [2.45, 2.75) is 13.5 Å². The number of nitrogens with zero attached hydrogens (tertiary/aromatic N) is 1. The molecule has 0 amide bonds. The maximum Gasteiger partial charge on any atom is 0.231 e. The highest BCUT2D eigenvalue weighted by Gasteiger charge is 2.16. The van der Waals surface area contributed by atoms with Crippen molar-refractivity contribution in [1.82, 2.24) is 10.3 Å². The Labute approximate surface area is 110 Å². The van der Waals surface area contributed by atoms with E-state index in [0.29, 0.717) is 6.79 Å². The summed E-state index contributed by atoms with van der Waals surface area (Å²) in [5, 5.41) is 4.18. The molecule has 94 valence electrons. The molecule has 0 radical (unpaired) electrons. The van der Waals surface area contributed by atoms with Gasteiger partial charge < -0.3 is 14.8 Å². The molecule has 5 heteroatoms. The standard InChI is InChI=1S/C13H14N2O2S/c1-8-12(6-14-2)18-13(15-8)9-3-4-10-11(5-9)17-7-16-10/h3-5,14H,6-7H2,1-2H3. The maximum atomic E-state index is 5.39. The smallest absolute Gasteiger partial charge is 0.231 e. The van der Waals surface area contributed by atoms with Crippen molar-refractivity contribution in [2.24, 2.45) is 0 Å². The topological polar surface area (TPSA) is 43.4 Å². The van der Waals surface area contributed by atoms with Crippen LogP contribution >= 0.6 is 11.3 Å². The van der Waals surface area contributed by atoms with Gasteiger partial charge in [0.25, 0.3) is 0 Å². The third-order valence-electron chi connectivity index (χ3n) is 2.85. The predicted molar refractivity (Wildman–Crippen MR) is 71.2 cm³/mol. The monoisotopic (exact) mass is 262 g/mol. The highest BCUT2D eigenvalue weighted by molar-refractivity contribution is 7.15. The first-order valence-electron chi connectivity index (χ1n) is 5.79. The average molecular weight is 262 g/mol. The molecular formula is C13H14N2O2S. The fourth-order valence-corrected chi connectivity index (χ4v) is 2.98. The van der Waals surface area contributed by atoms with Crippen LogP contribution in [0.4, 0.5) is 0 Å². The minimum atomic E-state index is 0.306. The fraction of sp³-hybridized carbons (Fsp3) is 0.308. The van der Waals surface area contributed by atoms with Crippen LogP contribution in [0.5, 0.6) is 11.5 Å². The molecule has 2 aromatic rings. The van der Waals surface area contributed by atoms with E-state index in [1.807, 2.05) is 32.2 Å². The molecule has 4 nitrogen and oxygen atoms in total. The molecule has 2 heterocycles. The van der Waals surface area contributed by atoms with Crippen LogP contribution in [0.1, 0.15) is 10.6 Å². The molecule has 1 N–H and O–H groups in total. The van der Waals surface area contributed by atoms with Crippen molar-refractivity contribution in [3.05, 3.63) is 28.8 Å². The Hall–Kier alpha value is -1.59. The summed E-state index contributed by atoms with van der Waals surface area (Å²) in [6.45, 7) is 3.20. The van der Waals surface area contributed by atoms with Crippen molar-refractivity contribution in [2.75, 3.05) is 13.8 Å². The lowest BCUT2D eigenvalue weighted by Gasteiger charge is -1.99. The summed E-state index contributed by atoms with van der Waals surface area (Å²) in [6.07, 6.45) is 0. The van der Waals surface area contributed by atoms with E-state index in [1.54, 1.807) is 11.3 Å². The van der Waals surface area contributed by atoms with Gasteiger partial charge in [-0.3, -0.25) is 0 Å². The first-order chi connectivity index (χ1) is 8.78. The maximum absolute atomic E-state index is 5.39. The van der Waals surface area contributed by atoms with E-state index in [4.69, 9.17) is 9.47 Å². The number of thiazole rings is 1. The van der Waals surface area contributed by atoms with E-state index >= 15 is 0 Å². The number of fused-ring (bicyclic) bond motifs is 1. The van der Waals surface area contributed by atoms with Gasteiger partial charge in [0.2, 0.25) is 6.79 Å². The Balaban J connectivity index is 1.97. The highest BCUT2D eigenvalue weighted by atomic mass is 32.1. The number of aromatic nitrogens is 1. The lowest BCUT2D eigenvalue weighted by atomic mass is 10.2. The Morgan fingerprint density at radius 3 is 3.00 bits per heavy atom. The van der Waals surface area contributed by atoms with Gasteiger partial charge in [0.1, 0.15) is 5.01 Å². The quantitative estimate of drug-likeness (QED) is 0.923. The van der Waals surface area contributed by atoms with Crippen LogP contribution < -0.4 is 14.8 Å². The molecule has 0 saturated carbocycles. The third-order valence-corrected chi connectivity index (χ3v) is 4.06. The van der Waals surface area contributed by atoms with Crippen molar-refractivity contribution in [3.63, 3.8) is 0 Å². The van der Waals surface area contributed by atoms with E-state index in [-0.39, 0.29) is 0 Å². The van der Waals surface area contributed by atoms with E-state index in [2.05, 4.69) is 10.3 Å². The second-order valence-corrected chi connectivity index (χ2v) is 5.21. The van der Waals surface area contributed by atoms with Gasteiger partial charge in [-0.2, -0.15) is 0 Å². The molecule has 0 fully saturated rings. The number of hydrogen-bond donors (Lipinski definition) is 1. The average Bonchev–Trinajstić information content (AvgIpc) is 2.96. The van der Waals surface area contributed by atoms with Crippen LogP contribution in [-0.2, 0) is 6.54 Å². The van der Waals surface area contributed by atoms with Crippen molar-refractivity contribution >= 4 is 11.3 Å². The Morgan fingerprint density at radius 2 is 2.17 bits per heavy atom. The molecule has 0 atom stereocenters. The number of rotatable bonds is 3. The van der Waals surface area contributed by atoms with Gasteiger partial charge in [0.05, 0.1) is 5.69 Å². The van der Waals surface area contributed by atoms with Gasteiger partial charge in [0, 0.05) is 17.0 Å². The van der Waals surface area contributed by atoms with Crippen molar-refractivity contribution < 1.29 is 9.47 Å². The zero-order chi connectivity index (χ0) is 12.5. The van der Waals surface area contributed by atoms with Crippen LogP contribution in [0.25, 0.3) is 10.6 Å². The number of aryl methyl sites for hydroxylation is 1. The molecule has 1 aromatic carbocycles. The van der Waals surface area contributed by atoms with Crippen LogP contribution in [0.3, 0.4) is 0 Å². The zero-order valence-corrected chi connectivity index (χ0v) is 11.1. The van der Waals surface area contributed by atoms with Crippen LogP contribution in [0.15, 0.2) is 18.2 Å². The largest absolute Gasteiger partial charge is 0.454 e. The first-order valence-corrected chi connectivity index (χ1v) is 6.60. The molecule has 3 rings (SSSR count). The van der Waals surface area contributed by atoms with Gasteiger partial charge in [-0.15, -0.1) is 11.3 Å². The number of nitrogens with one attached hydrogen (secondary N) is 1. The second-order valence-electron chi connectivity index (χ2n) is 4.13. The number of benzene rings is 1. The van der Waals surface area contributed by atoms with Crippen molar-refractivity contribution in [1.29, 1.82) is 0 Å². The van der Waals surface area contributed by atoms with Crippen LogP contribution in [-0.4, -0.2) is 18.8 Å². The molecule has 18 heavy (non-hydrogen) atoms. The summed E-state index contributed by atoms with van der Waals surface area (Å²) in [7, 11) is 1.94. The fourth-order valence-electron chi connectivity index (χ4n) is 1.91. The second kappa shape index (κ2) is 4.59.